The average molecular weight is 245 g/mol. The van der Waals surface area contributed by atoms with Crippen molar-refractivity contribution in [1.82, 2.24) is 5.32 Å². The van der Waals surface area contributed by atoms with E-state index in [4.69, 9.17) is 21.8 Å². The molecule has 16 heavy (non-hydrogen) atoms. The molecule has 1 unspecified atom stereocenters. The zero-order chi connectivity index (χ0) is 12.0. The molecule has 1 rings (SSSR count). The number of aliphatic hydroxyl groups is 2. The Kier molecular flexibility index (Phi) is 5.04. The number of nitrogens with one attached hydrogen (secondary N) is 2. The van der Waals surface area contributed by atoms with E-state index in [1.807, 2.05) is 0 Å². The first-order chi connectivity index (χ1) is 7.61. The van der Waals surface area contributed by atoms with Gasteiger partial charge in [-0.3, -0.25) is 0 Å². The molecule has 4 N–H and O–H groups in total. The van der Waals surface area contributed by atoms with Crippen LogP contribution in [0.4, 0.5) is 10.5 Å². The molecule has 0 aliphatic rings. The molecule has 0 saturated carbocycles. The molecule has 0 radical (unpaired) electrons. The molecule has 88 valence electrons. The molecule has 0 aromatic heterocycles. The van der Waals surface area contributed by atoms with Gasteiger partial charge in [-0.15, -0.1) is 0 Å². The van der Waals surface area contributed by atoms with Crippen molar-refractivity contribution in [3.63, 3.8) is 0 Å². The summed E-state index contributed by atoms with van der Waals surface area (Å²) in [6.45, 7) is -0.402. The quantitative estimate of drug-likeness (QED) is 0.633. The van der Waals surface area contributed by atoms with Crippen molar-refractivity contribution in [2.75, 3.05) is 18.5 Å². The van der Waals surface area contributed by atoms with Gasteiger partial charge >= 0.3 is 6.03 Å². The number of rotatable bonds is 4. The lowest BCUT2D eigenvalue weighted by Gasteiger charge is -2.10. The van der Waals surface area contributed by atoms with Crippen molar-refractivity contribution >= 4 is 23.3 Å². The number of halogens is 1. The van der Waals surface area contributed by atoms with Crippen LogP contribution in [0, 0.1) is 0 Å². The number of anilines is 1. The minimum absolute atomic E-state index is 0.0110. The zero-order valence-corrected chi connectivity index (χ0v) is 9.24. The minimum atomic E-state index is -0.954. The Morgan fingerprint density at radius 2 is 2.25 bits per heavy atom. The van der Waals surface area contributed by atoms with Crippen molar-refractivity contribution < 1.29 is 15.0 Å². The third-order valence-corrected chi connectivity index (χ3v) is 2.03. The molecule has 0 bridgehead atoms. The third-order valence-electron chi connectivity index (χ3n) is 1.79. The molecular weight excluding hydrogens is 232 g/mol. The molecule has 1 aromatic rings. The number of urea groups is 1. The number of hydrogen-bond donors (Lipinski definition) is 4. The molecule has 0 heterocycles. The number of carbonyl (C=O) groups excluding carboxylic acids is 1. The van der Waals surface area contributed by atoms with Gasteiger partial charge in [0.15, 0.2) is 0 Å². The normalized spacial score (nSPS) is 11.9. The second-order valence-electron chi connectivity index (χ2n) is 3.18. The van der Waals surface area contributed by atoms with E-state index >= 15 is 0 Å². The first-order valence-electron chi connectivity index (χ1n) is 4.71. The van der Waals surface area contributed by atoms with Gasteiger partial charge in [-0.1, -0.05) is 17.7 Å². The van der Waals surface area contributed by atoms with Gasteiger partial charge in [0.25, 0.3) is 0 Å². The Hall–Kier alpha value is -1.30. The van der Waals surface area contributed by atoms with Crippen LogP contribution in [-0.4, -0.2) is 35.5 Å². The summed E-state index contributed by atoms with van der Waals surface area (Å²) < 4.78 is 0. The van der Waals surface area contributed by atoms with E-state index < -0.39 is 18.7 Å². The Labute approximate surface area is 98.0 Å². The number of carbonyl (C=O) groups is 1. The van der Waals surface area contributed by atoms with Gasteiger partial charge in [-0.25, -0.2) is 4.79 Å². The summed E-state index contributed by atoms with van der Waals surface area (Å²) in [6.07, 6.45) is -0.954. The minimum Gasteiger partial charge on any atom is -0.394 e. The van der Waals surface area contributed by atoms with Crippen LogP contribution in [0.5, 0.6) is 0 Å². The molecule has 0 aliphatic heterocycles. The maximum atomic E-state index is 11.3. The summed E-state index contributed by atoms with van der Waals surface area (Å²) in [5, 5.41) is 23.0. The maximum Gasteiger partial charge on any atom is 0.319 e. The highest BCUT2D eigenvalue weighted by atomic mass is 35.5. The topological polar surface area (TPSA) is 81.6 Å². The lowest BCUT2D eigenvalue weighted by atomic mass is 10.3. The SMILES string of the molecule is O=C(NCC(O)CO)Nc1cccc(Cl)c1. The fourth-order valence-electron chi connectivity index (χ4n) is 1.02. The summed E-state index contributed by atoms with van der Waals surface area (Å²) in [5.41, 5.74) is 0.559. The highest BCUT2D eigenvalue weighted by Gasteiger charge is 2.05. The second-order valence-corrected chi connectivity index (χ2v) is 3.62. The van der Waals surface area contributed by atoms with Crippen molar-refractivity contribution in [3.8, 4) is 0 Å². The lowest BCUT2D eigenvalue weighted by Crippen LogP contribution is -2.36. The summed E-state index contributed by atoms with van der Waals surface area (Å²) in [6, 6.07) is 6.23. The van der Waals surface area contributed by atoms with E-state index in [-0.39, 0.29) is 6.54 Å². The number of aliphatic hydroxyl groups excluding tert-OH is 2. The van der Waals surface area contributed by atoms with E-state index in [0.29, 0.717) is 10.7 Å². The lowest BCUT2D eigenvalue weighted by molar-refractivity contribution is 0.0965. The number of amides is 2. The Morgan fingerprint density at radius 1 is 1.50 bits per heavy atom. The Bertz CT molecular complexity index is 360. The third kappa shape index (κ3) is 4.48. The number of benzene rings is 1. The van der Waals surface area contributed by atoms with Gasteiger partial charge in [-0.2, -0.15) is 0 Å². The predicted octanol–water partition coefficient (Wildman–Crippen LogP) is 0.815. The van der Waals surface area contributed by atoms with Gasteiger partial charge in [0, 0.05) is 17.3 Å². The van der Waals surface area contributed by atoms with E-state index in [9.17, 15) is 4.79 Å². The van der Waals surface area contributed by atoms with Crippen LogP contribution in [0.1, 0.15) is 0 Å². The van der Waals surface area contributed by atoms with Crippen molar-refractivity contribution in [3.05, 3.63) is 29.3 Å². The maximum absolute atomic E-state index is 11.3. The van der Waals surface area contributed by atoms with Crippen LogP contribution in [0.15, 0.2) is 24.3 Å². The highest BCUT2D eigenvalue weighted by Crippen LogP contribution is 2.14. The van der Waals surface area contributed by atoms with E-state index in [1.54, 1.807) is 24.3 Å². The largest absolute Gasteiger partial charge is 0.394 e. The zero-order valence-electron chi connectivity index (χ0n) is 8.48. The smallest absolute Gasteiger partial charge is 0.319 e. The second kappa shape index (κ2) is 6.32. The van der Waals surface area contributed by atoms with Crippen LogP contribution < -0.4 is 10.6 Å². The Balaban J connectivity index is 2.40. The van der Waals surface area contributed by atoms with E-state index in [1.165, 1.54) is 0 Å². The van der Waals surface area contributed by atoms with E-state index in [0.717, 1.165) is 0 Å². The van der Waals surface area contributed by atoms with Crippen LogP contribution in [0.2, 0.25) is 5.02 Å². The van der Waals surface area contributed by atoms with Gasteiger partial charge in [0.2, 0.25) is 0 Å². The molecule has 0 fully saturated rings. The molecule has 0 saturated heterocycles. The molecule has 6 heteroatoms. The van der Waals surface area contributed by atoms with Gasteiger partial charge in [-0.05, 0) is 18.2 Å². The Morgan fingerprint density at radius 3 is 2.88 bits per heavy atom. The predicted molar refractivity (Wildman–Crippen MR) is 61.6 cm³/mol. The van der Waals surface area contributed by atoms with Gasteiger partial charge in [0.1, 0.15) is 0 Å². The van der Waals surface area contributed by atoms with Gasteiger partial charge in [0.05, 0.1) is 12.7 Å². The summed E-state index contributed by atoms with van der Waals surface area (Å²) in [7, 11) is 0. The van der Waals surface area contributed by atoms with Crippen LogP contribution in [-0.2, 0) is 0 Å². The van der Waals surface area contributed by atoms with Crippen LogP contribution in [0.25, 0.3) is 0 Å². The van der Waals surface area contributed by atoms with Crippen molar-refractivity contribution in [1.29, 1.82) is 0 Å². The molecule has 1 atom stereocenters. The first-order valence-corrected chi connectivity index (χ1v) is 5.09. The first kappa shape index (κ1) is 12.8. The summed E-state index contributed by atoms with van der Waals surface area (Å²) in [5.74, 6) is 0. The standard InChI is InChI=1S/C10H13ClN2O3/c11-7-2-1-3-8(4-7)13-10(16)12-5-9(15)6-14/h1-4,9,14-15H,5-6H2,(H2,12,13,16). The summed E-state index contributed by atoms with van der Waals surface area (Å²) >= 11 is 5.73. The highest BCUT2D eigenvalue weighted by molar-refractivity contribution is 6.30. The van der Waals surface area contributed by atoms with Crippen LogP contribution in [0.3, 0.4) is 0 Å². The fourth-order valence-corrected chi connectivity index (χ4v) is 1.21. The molecule has 2 amide bonds. The molecular formula is C10H13ClN2O3. The van der Waals surface area contributed by atoms with Crippen LogP contribution >= 0.6 is 11.6 Å². The van der Waals surface area contributed by atoms with Gasteiger partial charge < -0.3 is 20.8 Å². The average Bonchev–Trinajstić information content (AvgIpc) is 2.26. The van der Waals surface area contributed by atoms with E-state index in [2.05, 4.69) is 10.6 Å². The molecule has 5 nitrogen and oxygen atoms in total. The monoisotopic (exact) mass is 244 g/mol. The van der Waals surface area contributed by atoms with Crippen molar-refractivity contribution in [2.45, 2.75) is 6.10 Å². The number of hydrogen-bond acceptors (Lipinski definition) is 3. The molecule has 0 aliphatic carbocycles. The molecule has 0 spiro atoms. The van der Waals surface area contributed by atoms with Crippen molar-refractivity contribution in [2.24, 2.45) is 0 Å². The fraction of sp³-hybridized carbons (Fsp3) is 0.300. The molecule has 1 aromatic carbocycles. The summed E-state index contributed by atoms with van der Waals surface area (Å²) in [4.78, 5) is 11.3.